The molecule has 0 saturated carbocycles. The topological polar surface area (TPSA) is 79.8 Å². The zero-order valence-corrected chi connectivity index (χ0v) is 21.4. The van der Waals surface area contributed by atoms with Crippen LogP contribution in [-0.4, -0.2) is 77.2 Å². The van der Waals surface area contributed by atoms with Gasteiger partial charge < -0.3 is 24.6 Å². The summed E-state index contributed by atoms with van der Waals surface area (Å²) in [4.78, 5) is 26.4. The van der Waals surface area contributed by atoms with Gasteiger partial charge in [0.25, 0.3) is 5.91 Å². The summed E-state index contributed by atoms with van der Waals surface area (Å²) in [5.74, 6) is 1.33. The van der Waals surface area contributed by atoms with E-state index in [9.17, 15) is 4.79 Å². The third kappa shape index (κ3) is 5.44. The monoisotopic (exact) mass is 489 g/mol. The first-order chi connectivity index (χ1) is 17.5. The Bertz CT molecular complexity index is 1200. The lowest BCUT2D eigenvalue weighted by molar-refractivity contribution is 0.0303. The van der Waals surface area contributed by atoms with Gasteiger partial charge in [0.15, 0.2) is 0 Å². The lowest BCUT2D eigenvalue weighted by Gasteiger charge is -2.34. The summed E-state index contributed by atoms with van der Waals surface area (Å²) in [5, 5.41) is 4.27. The maximum absolute atomic E-state index is 12.7. The van der Waals surface area contributed by atoms with Crippen LogP contribution in [0, 0.1) is 6.92 Å². The fraction of sp³-hybridized carbons (Fsp3) is 0.464. The van der Waals surface area contributed by atoms with Crippen molar-refractivity contribution in [3.63, 3.8) is 0 Å². The van der Waals surface area contributed by atoms with Crippen LogP contribution in [0.2, 0.25) is 0 Å². The Labute approximate surface area is 212 Å². The number of benzene rings is 2. The molecule has 8 heteroatoms. The molecule has 1 aromatic heterocycles. The van der Waals surface area contributed by atoms with Crippen LogP contribution >= 0.6 is 0 Å². The Morgan fingerprint density at radius 2 is 1.78 bits per heavy atom. The van der Waals surface area contributed by atoms with Gasteiger partial charge >= 0.3 is 0 Å². The first kappa shape index (κ1) is 24.5. The molecule has 36 heavy (non-hydrogen) atoms. The molecule has 5 rings (SSSR count). The quantitative estimate of drug-likeness (QED) is 0.550. The van der Waals surface area contributed by atoms with Gasteiger partial charge in [0, 0.05) is 55.1 Å². The van der Waals surface area contributed by atoms with E-state index >= 15 is 0 Å². The fourth-order valence-corrected chi connectivity index (χ4v) is 4.85. The van der Waals surface area contributed by atoms with E-state index in [2.05, 4.69) is 42.0 Å². The van der Waals surface area contributed by atoms with Gasteiger partial charge in [0.1, 0.15) is 17.4 Å². The highest BCUT2D eigenvalue weighted by Gasteiger charge is 2.23. The molecule has 3 heterocycles. The molecule has 0 spiro atoms. The number of nitrogens with zero attached hydrogens (tertiary/aromatic N) is 4. The second-order valence-electron chi connectivity index (χ2n) is 9.89. The van der Waals surface area contributed by atoms with E-state index in [0.717, 1.165) is 53.8 Å². The van der Waals surface area contributed by atoms with E-state index in [1.807, 2.05) is 41.4 Å². The van der Waals surface area contributed by atoms with Crippen molar-refractivity contribution in [2.75, 3.05) is 44.7 Å². The molecule has 8 nitrogen and oxygen atoms in total. The normalized spacial score (nSPS) is 17.5. The number of aryl methyl sites for hydroxylation is 1. The molecule has 2 fully saturated rings. The zero-order valence-electron chi connectivity index (χ0n) is 21.4. The Morgan fingerprint density at radius 3 is 2.47 bits per heavy atom. The molecule has 0 atom stereocenters. The smallest absolute Gasteiger partial charge is 0.254 e. The molecule has 0 unspecified atom stereocenters. The van der Waals surface area contributed by atoms with E-state index in [1.165, 1.54) is 0 Å². The van der Waals surface area contributed by atoms with Crippen LogP contribution in [0.15, 0.2) is 42.6 Å². The average molecular weight is 490 g/mol. The van der Waals surface area contributed by atoms with Crippen LogP contribution < -0.4 is 10.1 Å². The Balaban J connectivity index is 1.30. The minimum atomic E-state index is 0.0308. The van der Waals surface area contributed by atoms with Crippen molar-refractivity contribution in [3.8, 4) is 5.75 Å². The van der Waals surface area contributed by atoms with Crippen LogP contribution in [0.4, 0.5) is 11.6 Å². The Kier molecular flexibility index (Phi) is 7.34. The summed E-state index contributed by atoms with van der Waals surface area (Å²) in [6, 6.07) is 12.1. The zero-order chi connectivity index (χ0) is 25.1. The molecule has 1 N–H and O–H groups in total. The minimum Gasteiger partial charge on any atom is -0.488 e. The molecule has 2 aromatic carbocycles. The number of hydrogen-bond acceptors (Lipinski definition) is 7. The molecule has 2 aliphatic heterocycles. The molecule has 3 aromatic rings. The third-order valence-electron chi connectivity index (χ3n) is 7.12. The standard InChI is InChI=1S/C28H35N5O3/c1-19(2)32-12-10-23(11-13-32)36-25-9-4-20(3)24-18-29-28(31-26(24)25)30-22-7-5-21(6-8-22)27(34)33-14-16-35-17-15-33/h4-9,18-19,23H,10-17H2,1-3H3,(H,29,30,31). The van der Waals surface area contributed by atoms with Gasteiger partial charge in [-0.05, 0) is 69.5 Å². The lowest BCUT2D eigenvalue weighted by atomic mass is 10.1. The number of carbonyl (C=O) groups is 1. The highest BCUT2D eigenvalue weighted by atomic mass is 16.5. The van der Waals surface area contributed by atoms with Crippen molar-refractivity contribution in [1.29, 1.82) is 0 Å². The number of nitrogens with one attached hydrogen (secondary N) is 1. The van der Waals surface area contributed by atoms with Gasteiger partial charge in [-0.15, -0.1) is 0 Å². The maximum atomic E-state index is 12.7. The summed E-state index contributed by atoms with van der Waals surface area (Å²) < 4.78 is 11.8. The number of fused-ring (bicyclic) bond motifs is 1. The van der Waals surface area contributed by atoms with Crippen molar-refractivity contribution in [1.82, 2.24) is 19.8 Å². The van der Waals surface area contributed by atoms with Crippen molar-refractivity contribution in [3.05, 3.63) is 53.7 Å². The SMILES string of the molecule is Cc1ccc(OC2CCN(C(C)C)CC2)c2nc(Nc3ccc(C(=O)N4CCOCC4)cc3)ncc12. The number of hydrogen-bond donors (Lipinski definition) is 1. The second-order valence-corrected chi connectivity index (χ2v) is 9.89. The van der Waals surface area contributed by atoms with Crippen LogP contribution in [0.3, 0.4) is 0 Å². The number of anilines is 2. The molecule has 0 aliphatic carbocycles. The van der Waals surface area contributed by atoms with Gasteiger partial charge in [-0.2, -0.15) is 0 Å². The van der Waals surface area contributed by atoms with Crippen molar-refractivity contribution >= 4 is 28.4 Å². The van der Waals surface area contributed by atoms with E-state index < -0.39 is 0 Å². The fourth-order valence-electron chi connectivity index (χ4n) is 4.85. The number of likely N-dealkylation sites (tertiary alicyclic amines) is 1. The number of carbonyl (C=O) groups excluding carboxylic acids is 1. The summed E-state index contributed by atoms with van der Waals surface area (Å²) in [6.07, 6.45) is 4.07. The van der Waals surface area contributed by atoms with E-state index in [4.69, 9.17) is 14.5 Å². The van der Waals surface area contributed by atoms with Crippen molar-refractivity contribution < 1.29 is 14.3 Å². The molecule has 190 valence electrons. The third-order valence-corrected chi connectivity index (χ3v) is 7.12. The molecule has 1 amide bonds. The summed E-state index contributed by atoms with van der Waals surface area (Å²) in [7, 11) is 0. The lowest BCUT2D eigenvalue weighted by Crippen LogP contribution is -2.41. The number of morpholine rings is 1. The van der Waals surface area contributed by atoms with Crippen LogP contribution in [-0.2, 0) is 4.74 Å². The average Bonchev–Trinajstić information content (AvgIpc) is 2.91. The highest BCUT2D eigenvalue weighted by molar-refractivity contribution is 5.94. The second kappa shape index (κ2) is 10.8. The van der Waals surface area contributed by atoms with Crippen molar-refractivity contribution in [2.24, 2.45) is 0 Å². The van der Waals surface area contributed by atoms with Gasteiger partial charge in [0.05, 0.1) is 13.2 Å². The van der Waals surface area contributed by atoms with Gasteiger partial charge in [-0.25, -0.2) is 9.97 Å². The van der Waals surface area contributed by atoms with Crippen molar-refractivity contribution in [2.45, 2.75) is 45.8 Å². The number of piperidine rings is 1. The van der Waals surface area contributed by atoms with E-state index in [-0.39, 0.29) is 12.0 Å². The van der Waals surface area contributed by atoms with Gasteiger partial charge in [0.2, 0.25) is 5.95 Å². The largest absolute Gasteiger partial charge is 0.488 e. The Hall–Kier alpha value is -3.23. The number of aromatic nitrogens is 2. The van der Waals surface area contributed by atoms with Crippen LogP contribution in [0.1, 0.15) is 42.6 Å². The van der Waals surface area contributed by atoms with Crippen LogP contribution in [0.25, 0.3) is 10.9 Å². The Morgan fingerprint density at radius 1 is 1.06 bits per heavy atom. The molecule has 2 aliphatic rings. The molecular weight excluding hydrogens is 454 g/mol. The highest BCUT2D eigenvalue weighted by Crippen LogP contribution is 2.30. The maximum Gasteiger partial charge on any atom is 0.254 e. The van der Waals surface area contributed by atoms with Gasteiger partial charge in [-0.1, -0.05) is 6.07 Å². The molecular formula is C28H35N5O3. The number of amides is 1. The minimum absolute atomic E-state index is 0.0308. The first-order valence-electron chi connectivity index (χ1n) is 12.9. The first-order valence-corrected chi connectivity index (χ1v) is 12.9. The summed E-state index contributed by atoms with van der Waals surface area (Å²) in [6.45, 7) is 11.1. The predicted molar refractivity (Wildman–Crippen MR) is 141 cm³/mol. The summed E-state index contributed by atoms with van der Waals surface area (Å²) >= 11 is 0. The molecule has 0 bridgehead atoms. The summed E-state index contributed by atoms with van der Waals surface area (Å²) in [5.41, 5.74) is 3.42. The molecule has 0 radical (unpaired) electrons. The number of rotatable bonds is 6. The predicted octanol–water partition coefficient (Wildman–Crippen LogP) is 4.41. The van der Waals surface area contributed by atoms with E-state index in [1.54, 1.807) is 0 Å². The molecule has 2 saturated heterocycles. The van der Waals surface area contributed by atoms with E-state index in [0.29, 0.717) is 43.9 Å². The van der Waals surface area contributed by atoms with Gasteiger partial charge in [-0.3, -0.25) is 4.79 Å². The number of ether oxygens (including phenoxy) is 2. The van der Waals surface area contributed by atoms with Crippen LogP contribution in [0.5, 0.6) is 5.75 Å².